The van der Waals surface area contributed by atoms with Gasteiger partial charge in [0.2, 0.25) is 17.0 Å². The highest BCUT2D eigenvalue weighted by Crippen LogP contribution is 2.38. The first kappa shape index (κ1) is 19.5. The topological polar surface area (TPSA) is 85.8 Å². The van der Waals surface area contributed by atoms with Crippen LogP contribution in [0.15, 0.2) is 65.0 Å². The summed E-state index contributed by atoms with van der Waals surface area (Å²) in [4.78, 5) is 16.7. The van der Waals surface area contributed by atoms with Crippen LogP contribution < -0.4 is 11.1 Å². The number of nitrogens with one attached hydrogen (secondary N) is 1. The molecule has 1 aliphatic rings. The van der Waals surface area contributed by atoms with Crippen molar-refractivity contribution >= 4 is 35.2 Å². The Morgan fingerprint density at radius 1 is 1.28 bits per heavy atom. The van der Waals surface area contributed by atoms with Crippen molar-refractivity contribution in [2.45, 2.75) is 23.9 Å². The van der Waals surface area contributed by atoms with Gasteiger partial charge in [-0.1, -0.05) is 59.8 Å². The number of allylic oxidation sites excluding steroid dienone is 1. The Kier molecular flexibility index (Phi) is 5.29. The molecule has 1 amide bonds. The van der Waals surface area contributed by atoms with E-state index in [0.29, 0.717) is 44.3 Å². The zero-order valence-corrected chi connectivity index (χ0v) is 17.0. The number of nitrogens with two attached hydrogens (primary N) is 1. The molecular formula is C20H17ClFN5OS. The maximum Gasteiger partial charge on any atom is 0.248 e. The van der Waals surface area contributed by atoms with Crippen LogP contribution in [0.4, 0.5) is 10.3 Å². The summed E-state index contributed by atoms with van der Waals surface area (Å²) in [5.74, 6) is 0.00163. The van der Waals surface area contributed by atoms with E-state index in [4.69, 9.17) is 17.3 Å². The van der Waals surface area contributed by atoms with Gasteiger partial charge in [0, 0.05) is 22.0 Å². The van der Waals surface area contributed by atoms with Crippen molar-refractivity contribution in [1.82, 2.24) is 14.8 Å². The van der Waals surface area contributed by atoms with Crippen molar-refractivity contribution in [3.05, 3.63) is 81.8 Å². The molecule has 2 heterocycles. The average Bonchev–Trinajstić information content (AvgIpc) is 3.09. The van der Waals surface area contributed by atoms with Crippen LogP contribution in [0, 0.1) is 5.82 Å². The lowest BCUT2D eigenvalue weighted by molar-refractivity contribution is -0.115. The molecule has 1 atom stereocenters. The number of anilines is 1. The Labute approximate surface area is 176 Å². The van der Waals surface area contributed by atoms with Crippen molar-refractivity contribution in [3.63, 3.8) is 0 Å². The quantitative estimate of drug-likeness (QED) is 0.595. The molecule has 9 heteroatoms. The van der Waals surface area contributed by atoms with E-state index in [1.807, 2.05) is 18.2 Å². The lowest BCUT2D eigenvalue weighted by atomic mass is 9.95. The Hall–Kier alpha value is -2.84. The minimum Gasteiger partial charge on any atom is -0.366 e. The molecule has 148 valence electrons. The molecule has 0 fully saturated rings. The SMILES string of the molecule is CC1=C(C(N)=O)[C@@H](c2ccccc2Cl)n2nc(SCc3ccccc3F)nc2N1. The van der Waals surface area contributed by atoms with Crippen molar-refractivity contribution in [2.24, 2.45) is 5.73 Å². The molecule has 3 N–H and O–H groups in total. The third-order valence-electron chi connectivity index (χ3n) is 4.61. The molecule has 0 radical (unpaired) electrons. The number of primary amides is 1. The second kappa shape index (κ2) is 7.88. The van der Waals surface area contributed by atoms with Gasteiger partial charge in [0.05, 0.1) is 5.57 Å². The van der Waals surface area contributed by atoms with E-state index in [1.54, 1.807) is 35.9 Å². The number of hydrogen-bond donors (Lipinski definition) is 2. The normalized spacial score (nSPS) is 15.8. The van der Waals surface area contributed by atoms with Crippen LogP contribution in [-0.4, -0.2) is 20.7 Å². The Morgan fingerprint density at radius 2 is 2.00 bits per heavy atom. The van der Waals surface area contributed by atoms with Gasteiger partial charge in [0.1, 0.15) is 11.9 Å². The number of nitrogens with zero attached hydrogens (tertiary/aromatic N) is 3. The molecule has 0 unspecified atom stereocenters. The summed E-state index contributed by atoms with van der Waals surface area (Å²) < 4.78 is 15.5. The molecule has 2 aromatic carbocycles. The van der Waals surface area contributed by atoms with Gasteiger partial charge in [0.15, 0.2) is 0 Å². The van der Waals surface area contributed by atoms with Gasteiger partial charge in [0.25, 0.3) is 0 Å². The summed E-state index contributed by atoms with van der Waals surface area (Å²) in [6, 6.07) is 13.2. The number of hydrogen-bond acceptors (Lipinski definition) is 5. The molecule has 0 saturated heterocycles. The standard InChI is InChI=1S/C20H17ClFN5OS/c1-11-16(18(23)28)17(13-7-3-4-8-14(13)21)27-19(24-11)25-20(26-27)29-10-12-6-2-5-9-15(12)22/h2-9,17H,10H2,1H3,(H2,23,28)(H,24,25,26)/t17-/m1/s1. The first-order chi connectivity index (χ1) is 14.0. The zero-order valence-electron chi connectivity index (χ0n) is 15.4. The third kappa shape index (κ3) is 3.73. The molecule has 0 spiro atoms. The van der Waals surface area contributed by atoms with Crippen LogP contribution in [0.1, 0.15) is 24.1 Å². The lowest BCUT2D eigenvalue weighted by Gasteiger charge is -2.28. The van der Waals surface area contributed by atoms with Crippen molar-refractivity contribution < 1.29 is 9.18 Å². The fourth-order valence-electron chi connectivity index (χ4n) is 3.25. The summed E-state index contributed by atoms with van der Waals surface area (Å²) in [6.45, 7) is 1.76. The van der Waals surface area contributed by atoms with Crippen LogP contribution in [0.3, 0.4) is 0 Å². The number of benzene rings is 2. The molecule has 3 aromatic rings. The van der Waals surface area contributed by atoms with Gasteiger partial charge >= 0.3 is 0 Å². The summed E-state index contributed by atoms with van der Waals surface area (Å²) in [6.07, 6.45) is 0. The predicted molar refractivity (Wildman–Crippen MR) is 111 cm³/mol. The average molecular weight is 430 g/mol. The fraction of sp³-hybridized carbons (Fsp3) is 0.150. The first-order valence-corrected chi connectivity index (χ1v) is 10.2. The number of halogens is 2. The van der Waals surface area contributed by atoms with Gasteiger partial charge < -0.3 is 11.1 Å². The van der Waals surface area contributed by atoms with E-state index in [2.05, 4.69) is 15.4 Å². The maximum absolute atomic E-state index is 13.9. The summed E-state index contributed by atoms with van der Waals surface area (Å²) >= 11 is 7.71. The van der Waals surface area contributed by atoms with Crippen molar-refractivity contribution in [2.75, 3.05) is 5.32 Å². The number of carbonyl (C=O) groups excluding carboxylic acids is 1. The van der Waals surface area contributed by atoms with Crippen LogP contribution in [-0.2, 0) is 10.5 Å². The van der Waals surface area contributed by atoms with Gasteiger partial charge in [-0.2, -0.15) is 4.98 Å². The van der Waals surface area contributed by atoms with E-state index in [-0.39, 0.29) is 5.82 Å². The smallest absolute Gasteiger partial charge is 0.248 e. The number of thioether (sulfide) groups is 1. The maximum atomic E-state index is 13.9. The highest BCUT2D eigenvalue weighted by atomic mass is 35.5. The Balaban J connectivity index is 1.72. The van der Waals surface area contributed by atoms with Gasteiger partial charge in [-0.15, -0.1) is 5.10 Å². The van der Waals surface area contributed by atoms with Crippen LogP contribution in [0.2, 0.25) is 5.02 Å². The Morgan fingerprint density at radius 3 is 2.72 bits per heavy atom. The summed E-state index contributed by atoms with van der Waals surface area (Å²) in [7, 11) is 0. The van der Waals surface area contributed by atoms with E-state index >= 15 is 0 Å². The van der Waals surface area contributed by atoms with Crippen molar-refractivity contribution in [1.29, 1.82) is 0 Å². The number of aromatic nitrogens is 3. The molecule has 0 bridgehead atoms. The first-order valence-electron chi connectivity index (χ1n) is 8.80. The van der Waals surface area contributed by atoms with Crippen LogP contribution >= 0.6 is 23.4 Å². The number of carbonyl (C=O) groups is 1. The molecule has 1 aromatic heterocycles. The number of amides is 1. The molecule has 6 nitrogen and oxygen atoms in total. The second-order valence-electron chi connectivity index (χ2n) is 6.49. The zero-order chi connectivity index (χ0) is 20.5. The minimum atomic E-state index is -0.604. The summed E-state index contributed by atoms with van der Waals surface area (Å²) in [5.41, 5.74) is 7.87. The fourth-order valence-corrected chi connectivity index (χ4v) is 4.31. The minimum absolute atomic E-state index is 0.274. The Bertz CT molecular complexity index is 1130. The monoisotopic (exact) mass is 429 g/mol. The van der Waals surface area contributed by atoms with Crippen LogP contribution in [0.5, 0.6) is 0 Å². The van der Waals surface area contributed by atoms with Gasteiger partial charge in [-0.25, -0.2) is 9.07 Å². The molecule has 1 aliphatic heterocycles. The van der Waals surface area contributed by atoms with Gasteiger partial charge in [-0.05, 0) is 24.6 Å². The number of rotatable bonds is 5. The van der Waals surface area contributed by atoms with E-state index < -0.39 is 11.9 Å². The third-order valence-corrected chi connectivity index (χ3v) is 5.84. The molecule has 0 aliphatic carbocycles. The van der Waals surface area contributed by atoms with Gasteiger partial charge in [-0.3, -0.25) is 4.79 Å². The predicted octanol–water partition coefficient (Wildman–Crippen LogP) is 4.14. The molecule has 4 rings (SSSR count). The second-order valence-corrected chi connectivity index (χ2v) is 7.84. The molecule has 29 heavy (non-hydrogen) atoms. The summed E-state index contributed by atoms with van der Waals surface area (Å²) in [5, 5.41) is 8.57. The largest absolute Gasteiger partial charge is 0.366 e. The highest BCUT2D eigenvalue weighted by molar-refractivity contribution is 7.98. The highest BCUT2D eigenvalue weighted by Gasteiger charge is 2.34. The van der Waals surface area contributed by atoms with Crippen molar-refractivity contribution in [3.8, 4) is 0 Å². The lowest BCUT2D eigenvalue weighted by Crippen LogP contribution is -2.32. The van der Waals surface area contributed by atoms with Crippen LogP contribution in [0.25, 0.3) is 0 Å². The molecular weight excluding hydrogens is 413 g/mol. The van der Waals surface area contributed by atoms with E-state index in [0.717, 1.165) is 0 Å². The van der Waals surface area contributed by atoms with E-state index in [1.165, 1.54) is 17.8 Å². The molecule has 0 saturated carbocycles. The number of fused-ring (bicyclic) bond motifs is 1. The van der Waals surface area contributed by atoms with E-state index in [9.17, 15) is 9.18 Å².